The van der Waals surface area contributed by atoms with E-state index in [1.807, 2.05) is 6.07 Å². The van der Waals surface area contributed by atoms with Gasteiger partial charge in [-0.2, -0.15) is 0 Å². The number of nitrogens with zero attached hydrogens (tertiary/aromatic N) is 2. The summed E-state index contributed by atoms with van der Waals surface area (Å²) in [5.41, 5.74) is 3.63. The number of hydrogen-bond acceptors (Lipinski definition) is 2. The Hall–Kier alpha value is -1.22. The van der Waals surface area contributed by atoms with Crippen molar-refractivity contribution in [3.8, 4) is 11.3 Å². The first-order valence-corrected chi connectivity index (χ1v) is 7.84. The minimum Gasteiger partial charge on any atom is -0.233 e. The smallest absolute Gasteiger partial charge is 0.130 e. The molecule has 20 heavy (non-hydrogen) atoms. The van der Waals surface area contributed by atoms with Crippen LogP contribution in [0.25, 0.3) is 11.3 Å². The Morgan fingerprint density at radius 3 is 2.25 bits per heavy atom. The van der Waals surface area contributed by atoms with Crippen LogP contribution in [0.3, 0.4) is 0 Å². The third-order valence-electron chi connectivity index (χ3n) is 3.26. The van der Waals surface area contributed by atoms with Gasteiger partial charge < -0.3 is 0 Å². The van der Waals surface area contributed by atoms with E-state index in [2.05, 4.69) is 77.9 Å². The van der Waals surface area contributed by atoms with Crippen molar-refractivity contribution < 1.29 is 0 Å². The van der Waals surface area contributed by atoms with E-state index in [1.165, 1.54) is 5.56 Å². The molecule has 0 fully saturated rings. The van der Waals surface area contributed by atoms with Crippen molar-refractivity contribution in [1.82, 2.24) is 9.97 Å². The third-order valence-corrected chi connectivity index (χ3v) is 3.67. The highest BCUT2D eigenvalue weighted by Crippen LogP contribution is 2.26. The predicted molar refractivity (Wildman–Crippen MR) is 87.9 cm³/mol. The number of hydrogen-bond donors (Lipinski definition) is 0. The van der Waals surface area contributed by atoms with E-state index >= 15 is 0 Å². The molecule has 0 aliphatic carbocycles. The molecule has 3 heteroatoms. The lowest BCUT2D eigenvalue weighted by Crippen LogP contribution is -2.10. The fourth-order valence-corrected chi connectivity index (χ4v) is 2.51. The average Bonchev–Trinajstić information content (AvgIpc) is 2.37. The fraction of sp³-hybridized carbons (Fsp3) is 0.412. The van der Waals surface area contributed by atoms with Crippen LogP contribution in [0.15, 0.2) is 34.9 Å². The van der Waals surface area contributed by atoms with Gasteiger partial charge in [-0.3, -0.25) is 0 Å². The highest BCUT2D eigenvalue weighted by Gasteiger charge is 2.13. The summed E-state index contributed by atoms with van der Waals surface area (Å²) < 4.78 is 0.853. The molecule has 2 nitrogen and oxygen atoms in total. The van der Waals surface area contributed by atoms with E-state index in [4.69, 9.17) is 0 Å². The molecular weight excluding hydrogens is 312 g/mol. The molecule has 0 saturated carbocycles. The zero-order valence-corrected chi connectivity index (χ0v) is 14.2. The van der Waals surface area contributed by atoms with E-state index < -0.39 is 0 Å². The van der Waals surface area contributed by atoms with Crippen LogP contribution in [0.2, 0.25) is 0 Å². The van der Waals surface area contributed by atoms with Crippen molar-refractivity contribution in [2.24, 2.45) is 0 Å². The van der Waals surface area contributed by atoms with Crippen molar-refractivity contribution >= 4 is 15.9 Å². The van der Waals surface area contributed by atoms with Gasteiger partial charge in [0, 0.05) is 12.0 Å². The fourth-order valence-electron chi connectivity index (χ4n) is 2.09. The number of benzene rings is 1. The van der Waals surface area contributed by atoms with Gasteiger partial charge in [-0.15, -0.1) is 0 Å². The number of aryl methyl sites for hydroxylation is 1. The maximum Gasteiger partial charge on any atom is 0.130 e. The Kier molecular flexibility index (Phi) is 4.59. The van der Waals surface area contributed by atoms with E-state index in [9.17, 15) is 0 Å². The monoisotopic (exact) mass is 332 g/mol. The number of halogens is 1. The van der Waals surface area contributed by atoms with Gasteiger partial charge in [0.05, 0.1) is 5.69 Å². The molecule has 0 spiro atoms. The standard InChI is InChI=1S/C17H21BrN2/c1-5-6-16-19-14(11-15(18)20-16)12-7-9-13(10-8-12)17(2,3)4/h7-11H,5-6H2,1-4H3. The first kappa shape index (κ1) is 15.2. The number of rotatable bonds is 3. The van der Waals surface area contributed by atoms with E-state index in [0.717, 1.165) is 34.5 Å². The maximum atomic E-state index is 4.64. The minimum atomic E-state index is 0.179. The van der Waals surface area contributed by atoms with Crippen molar-refractivity contribution in [2.45, 2.75) is 46.0 Å². The van der Waals surface area contributed by atoms with Crippen LogP contribution in [-0.2, 0) is 11.8 Å². The quantitative estimate of drug-likeness (QED) is 0.726. The lowest BCUT2D eigenvalue weighted by molar-refractivity contribution is 0.590. The summed E-state index contributed by atoms with van der Waals surface area (Å²) in [4.78, 5) is 9.06. The first-order valence-electron chi connectivity index (χ1n) is 7.04. The summed E-state index contributed by atoms with van der Waals surface area (Å²) in [6.07, 6.45) is 1.96. The zero-order chi connectivity index (χ0) is 14.8. The zero-order valence-electron chi connectivity index (χ0n) is 12.6. The summed E-state index contributed by atoms with van der Waals surface area (Å²) in [5, 5.41) is 0. The van der Waals surface area contributed by atoms with Crippen LogP contribution in [-0.4, -0.2) is 9.97 Å². The molecule has 0 bridgehead atoms. The minimum absolute atomic E-state index is 0.179. The molecule has 1 heterocycles. The Bertz CT molecular complexity index is 583. The Balaban J connectivity index is 2.36. The third kappa shape index (κ3) is 3.66. The molecule has 0 aliphatic heterocycles. The number of aromatic nitrogens is 2. The molecule has 1 aromatic heterocycles. The molecule has 0 aliphatic rings. The second-order valence-corrected chi connectivity index (χ2v) is 6.88. The summed E-state index contributed by atoms with van der Waals surface area (Å²) in [5.74, 6) is 0.900. The normalized spacial score (nSPS) is 11.7. The van der Waals surface area contributed by atoms with E-state index in [0.29, 0.717) is 0 Å². The molecule has 0 atom stereocenters. The van der Waals surface area contributed by atoms with Gasteiger partial charge in [0.2, 0.25) is 0 Å². The van der Waals surface area contributed by atoms with Crippen LogP contribution >= 0.6 is 15.9 Å². The van der Waals surface area contributed by atoms with Gasteiger partial charge in [0.1, 0.15) is 10.4 Å². The van der Waals surface area contributed by atoms with Crippen LogP contribution in [0, 0.1) is 0 Å². The van der Waals surface area contributed by atoms with E-state index in [-0.39, 0.29) is 5.41 Å². The average molecular weight is 333 g/mol. The molecule has 0 N–H and O–H groups in total. The van der Waals surface area contributed by atoms with Crippen molar-refractivity contribution in [3.05, 3.63) is 46.3 Å². The SMILES string of the molecule is CCCc1nc(Br)cc(-c2ccc(C(C)(C)C)cc2)n1. The molecule has 106 valence electrons. The predicted octanol–water partition coefficient (Wildman–Crippen LogP) is 5.16. The van der Waals surface area contributed by atoms with Crippen molar-refractivity contribution in [1.29, 1.82) is 0 Å². The Morgan fingerprint density at radius 2 is 1.70 bits per heavy atom. The van der Waals surface area contributed by atoms with E-state index in [1.54, 1.807) is 0 Å². The molecule has 2 rings (SSSR count). The summed E-state index contributed by atoms with van der Waals surface area (Å²) in [6.45, 7) is 8.82. The second kappa shape index (κ2) is 6.04. The van der Waals surface area contributed by atoms with Crippen LogP contribution < -0.4 is 0 Å². The highest BCUT2D eigenvalue weighted by molar-refractivity contribution is 9.10. The van der Waals surface area contributed by atoms with Crippen LogP contribution in [0.4, 0.5) is 0 Å². The van der Waals surface area contributed by atoms with Gasteiger partial charge in [-0.25, -0.2) is 9.97 Å². The molecule has 0 unspecified atom stereocenters. The second-order valence-electron chi connectivity index (χ2n) is 6.07. The maximum absolute atomic E-state index is 4.64. The molecule has 1 aromatic carbocycles. The summed E-state index contributed by atoms with van der Waals surface area (Å²) in [7, 11) is 0. The van der Waals surface area contributed by atoms with Crippen molar-refractivity contribution in [2.75, 3.05) is 0 Å². The topological polar surface area (TPSA) is 25.8 Å². The molecule has 2 aromatic rings. The first-order chi connectivity index (χ1) is 9.40. The summed E-state index contributed by atoms with van der Waals surface area (Å²) >= 11 is 3.48. The Morgan fingerprint density at radius 1 is 1.05 bits per heavy atom. The summed E-state index contributed by atoms with van der Waals surface area (Å²) in [6, 6.07) is 10.6. The molecular formula is C17H21BrN2. The van der Waals surface area contributed by atoms with Gasteiger partial charge in [-0.1, -0.05) is 52.0 Å². The molecule has 0 saturated heterocycles. The Labute approximate surface area is 129 Å². The van der Waals surface area contributed by atoms with Gasteiger partial charge in [0.15, 0.2) is 0 Å². The molecule has 0 amide bonds. The van der Waals surface area contributed by atoms with Gasteiger partial charge in [-0.05, 0) is 39.4 Å². The highest BCUT2D eigenvalue weighted by atomic mass is 79.9. The van der Waals surface area contributed by atoms with Gasteiger partial charge >= 0.3 is 0 Å². The largest absolute Gasteiger partial charge is 0.233 e. The van der Waals surface area contributed by atoms with Crippen LogP contribution in [0.5, 0.6) is 0 Å². The lowest BCUT2D eigenvalue weighted by atomic mass is 9.86. The van der Waals surface area contributed by atoms with Gasteiger partial charge in [0.25, 0.3) is 0 Å². The lowest BCUT2D eigenvalue weighted by Gasteiger charge is -2.19. The van der Waals surface area contributed by atoms with Crippen molar-refractivity contribution in [3.63, 3.8) is 0 Å². The van der Waals surface area contributed by atoms with Crippen LogP contribution in [0.1, 0.15) is 45.5 Å². The molecule has 0 radical (unpaired) electrons.